The molecule has 214 valence electrons. The molecule has 12 heteroatoms. The first-order valence-corrected chi connectivity index (χ1v) is 16.0. The Morgan fingerprint density at radius 1 is 0.732 bits per heavy atom. The second-order valence-electron chi connectivity index (χ2n) is 9.40. The molecule has 0 aromatic heterocycles. The van der Waals surface area contributed by atoms with Crippen molar-refractivity contribution in [3.8, 4) is 0 Å². The highest BCUT2D eigenvalue weighted by Crippen LogP contribution is 2.33. The number of amides is 1. The summed E-state index contributed by atoms with van der Waals surface area (Å²) in [4.78, 5) is 13.0. The van der Waals surface area contributed by atoms with Crippen LogP contribution in [0.1, 0.15) is 16.7 Å². The lowest BCUT2D eigenvalue weighted by Gasteiger charge is -2.25. The predicted octanol–water partition coefficient (Wildman–Crippen LogP) is 6.55. The van der Waals surface area contributed by atoms with Gasteiger partial charge in [0.1, 0.15) is 6.54 Å². The largest absolute Gasteiger partial charge is 0.325 e. The van der Waals surface area contributed by atoms with Gasteiger partial charge in [-0.1, -0.05) is 47.0 Å². The number of hydrogen-bond acceptors (Lipinski definition) is 5. The van der Waals surface area contributed by atoms with Gasteiger partial charge in [-0.05, 0) is 98.6 Å². The van der Waals surface area contributed by atoms with E-state index in [4.69, 9.17) is 23.2 Å². The number of halogens is 2. The zero-order valence-electron chi connectivity index (χ0n) is 22.4. The molecule has 0 radical (unpaired) electrons. The van der Waals surface area contributed by atoms with Crippen molar-refractivity contribution in [2.75, 3.05) is 20.9 Å². The molecule has 0 spiro atoms. The molecule has 4 rings (SSSR count). The van der Waals surface area contributed by atoms with Crippen LogP contribution in [0.4, 0.5) is 17.1 Å². The maximum Gasteiger partial charge on any atom is 0.264 e. The highest BCUT2D eigenvalue weighted by molar-refractivity contribution is 7.93. The smallest absolute Gasteiger partial charge is 0.264 e. The van der Waals surface area contributed by atoms with Crippen LogP contribution in [-0.4, -0.2) is 29.3 Å². The molecule has 4 aromatic rings. The first kappa shape index (κ1) is 30.4. The van der Waals surface area contributed by atoms with Gasteiger partial charge in [-0.3, -0.25) is 13.8 Å². The molecule has 1 amide bonds. The Bertz CT molecular complexity index is 1810. The van der Waals surface area contributed by atoms with E-state index < -0.39 is 32.5 Å². The van der Waals surface area contributed by atoms with E-state index in [9.17, 15) is 21.6 Å². The number of carbonyl (C=O) groups is 1. The maximum atomic E-state index is 13.6. The van der Waals surface area contributed by atoms with E-state index in [2.05, 4.69) is 10.0 Å². The molecule has 0 fully saturated rings. The van der Waals surface area contributed by atoms with Crippen LogP contribution < -0.4 is 14.3 Å². The number of nitrogens with one attached hydrogen (secondary N) is 2. The standard InChI is InChI=1S/C29H27Cl2N3O5S2/c1-19-4-11-26(12-5-19)41(38,39)34(28-17-22(30)7-15-27(28)31)18-29(35)32-23-9-13-25(14-10-23)40(36,37)33-24-8-6-20(2)21(3)16-24/h4-17,33H,18H2,1-3H3,(H,32,35). The molecule has 2 N–H and O–H groups in total. The van der Waals surface area contributed by atoms with Gasteiger partial charge in [-0.15, -0.1) is 0 Å². The van der Waals surface area contributed by atoms with E-state index >= 15 is 0 Å². The molecular formula is C29H27Cl2N3O5S2. The molecule has 41 heavy (non-hydrogen) atoms. The third-order valence-electron chi connectivity index (χ3n) is 6.28. The Kier molecular flexibility index (Phi) is 8.98. The van der Waals surface area contributed by atoms with Gasteiger partial charge >= 0.3 is 0 Å². The number of anilines is 3. The number of aryl methyl sites for hydroxylation is 3. The highest BCUT2D eigenvalue weighted by Gasteiger charge is 2.29. The van der Waals surface area contributed by atoms with Crippen molar-refractivity contribution >= 4 is 66.2 Å². The van der Waals surface area contributed by atoms with Crippen LogP contribution in [0.25, 0.3) is 0 Å². The monoisotopic (exact) mass is 631 g/mol. The van der Waals surface area contributed by atoms with E-state index in [1.165, 1.54) is 54.6 Å². The molecule has 0 aliphatic carbocycles. The van der Waals surface area contributed by atoms with Crippen LogP contribution >= 0.6 is 23.2 Å². The average molecular weight is 633 g/mol. The van der Waals surface area contributed by atoms with Gasteiger partial charge in [0.05, 0.1) is 20.5 Å². The number of rotatable bonds is 9. The van der Waals surface area contributed by atoms with E-state index in [-0.39, 0.29) is 31.2 Å². The number of carbonyl (C=O) groups excluding carboxylic acids is 1. The van der Waals surface area contributed by atoms with Gasteiger partial charge in [-0.2, -0.15) is 0 Å². The van der Waals surface area contributed by atoms with Crippen molar-refractivity contribution in [3.63, 3.8) is 0 Å². The molecule has 0 unspecified atom stereocenters. The summed E-state index contributed by atoms with van der Waals surface area (Å²) in [6.45, 7) is 5.02. The van der Waals surface area contributed by atoms with Gasteiger partial charge < -0.3 is 5.32 Å². The molecule has 0 saturated carbocycles. The van der Waals surface area contributed by atoms with Crippen LogP contribution in [0.3, 0.4) is 0 Å². The Hall–Kier alpha value is -3.57. The minimum Gasteiger partial charge on any atom is -0.325 e. The molecular weight excluding hydrogens is 605 g/mol. The quantitative estimate of drug-likeness (QED) is 0.217. The van der Waals surface area contributed by atoms with Gasteiger partial charge in [0.25, 0.3) is 20.0 Å². The Morgan fingerprint density at radius 3 is 1.98 bits per heavy atom. The Balaban J connectivity index is 1.55. The zero-order chi connectivity index (χ0) is 29.9. The average Bonchev–Trinajstić information content (AvgIpc) is 2.91. The summed E-state index contributed by atoms with van der Waals surface area (Å²) in [5.41, 5.74) is 3.58. The summed E-state index contributed by atoms with van der Waals surface area (Å²) in [6, 6.07) is 21.3. The summed E-state index contributed by atoms with van der Waals surface area (Å²) in [6.07, 6.45) is 0. The van der Waals surface area contributed by atoms with E-state index in [0.29, 0.717) is 5.69 Å². The number of hydrogen-bond donors (Lipinski definition) is 2. The van der Waals surface area contributed by atoms with Crippen molar-refractivity contribution < 1.29 is 21.6 Å². The molecule has 0 aliphatic heterocycles. The second-order valence-corrected chi connectivity index (χ2v) is 13.8. The van der Waals surface area contributed by atoms with Crippen LogP contribution in [0.5, 0.6) is 0 Å². The summed E-state index contributed by atoms with van der Waals surface area (Å²) < 4.78 is 56.4. The first-order chi connectivity index (χ1) is 19.3. The minimum atomic E-state index is -4.22. The maximum absolute atomic E-state index is 13.6. The van der Waals surface area contributed by atoms with Gasteiger partial charge in [-0.25, -0.2) is 16.8 Å². The third-order valence-corrected chi connectivity index (χ3v) is 10.0. The van der Waals surface area contributed by atoms with Crippen LogP contribution in [0.2, 0.25) is 10.0 Å². The SMILES string of the molecule is Cc1ccc(S(=O)(=O)N(CC(=O)Nc2ccc(S(=O)(=O)Nc3ccc(C)c(C)c3)cc2)c2cc(Cl)ccc2Cl)cc1. The van der Waals surface area contributed by atoms with E-state index in [0.717, 1.165) is 21.0 Å². The first-order valence-electron chi connectivity index (χ1n) is 12.3. The van der Waals surface area contributed by atoms with Crippen molar-refractivity contribution in [1.29, 1.82) is 0 Å². The van der Waals surface area contributed by atoms with Gasteiger partial charge in [0, 0.05) is 16.4 Å². The molecule has 0 heterocycles. The fourth-order valence-electron chi connectivity index (χ4n) is 3.88. The van der Waals surface area contributed by atoms with Crippen molar-refractivity contribution in [2.45, 2.75) is 30.6 Å². The molecule has 0 aliphatic rings. The van der Waals surface area contributed by atoms with Crippen LogP contribution in [-0.2, 0) is 24.8 Å². The molecule has 0 bridgehead atoms. The summed E-state index contributed by atoms with van der Waals surface area (Å²) >= 11 is 12.5. The topological polar surface area (TPSA) is 113 Å². The molecule has 8 nitrogen and oxygen atoms in total. The fraction of sp³-hybridized carbons (Fsp3) is 0.138. The van der Waals surface area contributed by atoms with Crippen molar-refractivity contribution in [2.24, 2.45) is 0 Å². The molecule has 0 saturated heterocycles. The fourth-order valence-corrected chi connectivity index (χ4v) is 6.80. The summed E-state index contributed by atoms with van der Waals surface area (Å²) in [5, 5.41) is 2.94. The Labute approximate surface area is 250 Å². The number of nitrogens with zero attached hydrogens (tertiary/aromatic N) is 1. The van der Waals surface area contributed by atoms with Crippen LogP contribution in [0, 0.1) is 20.8 Å². The lowest BCUT2D eigenvalue weighted by Crippen LogP contribution is -2.38. The second kappa shape index (κ2) is 12.1. The van der Waals surface area contributed by atoms with Gasteiger partial charge in [0.15, 0.2) is 0 Å². The summed E-state index contributed by atoms with van der Waals surface area (Å²) in [7, 11) is -8.10. The van der Waals surface area contributed by atoms with Gasteiger partial charge in [0.2, 0.25) is 5.91 Å². The number of benzene rings is 4. The lowest BCUT2D eigenvalue weighted by atomic mass is 10.1. The van der Waals surface area contributed by atoms with Crippen LogP contribution in [0.15, 0.2) is 94.7 Å². The third kappa shape index (κ3) is 7.20. The summed E-state index contributed by atoms with van der Waals surface area (Å²) in [5.74, 6) is -0.680. The zero-order valence-corrected chi connectivity index (χ0v) is 25.5. The Morgan fingerprint density at radius 2 is 1.34 bits per heavy atom. The van der Waals surface area contributed by atoms with E-state index in [1.807, 2.05) is 26.8 Å². The van der Waals surface area contributed by atoms with E-state index in [1.54, 1.807) is 24.3 Å². The predicted molar refractivity (Wildman–Crippen MR) is 164 cm³/mol. The number of sulfonamides is 2. The van der Waals surface area contributed by atoms with Crippen molar-refractivity contribution in [3.05, 3.63) is 112 Å². The normalized spacial score (nSPS) is 11.6. The molecule has 4 aromatic carbocycles. The minimum absolute atomic E-state index is 0.0111. The van der Waals surface area contributed by atoms with Crippen molar-refractivity contribution in [1.82, 2.24) is 0 Å². The lowest BCUT2D eigenvalue weighted by molar-refractivity contribution is -0.114. The highest BCUT2D eigenvalue weighted by atomic mass is 35.5. The molecule has 0 atom stereocenters.